The zero-order chi connectivity index (χ0) is 20.7. The summed E-state index contributed by atoms with van der Waals surface area (Å²) in [4.78, 5) is 33.5. The van der Waals surface area contributed by atoms with Crippen molar-refractivity contribution in [1.82, 2.24) is 15.2 Å². The number of para-hydroxylation sites is 2. The van der Waals surface area contributed by atoms with Gasteiger partial charge in [-0.25, -0.2) is 4.98 Å². The molecule has 1 aliphatic heterocycles. The van der Waals surface area contributed by atoms with Gasteiger partial charge in [-0.3, -0.25) is 9.59 Å². The van der Waals surface area contributed by atoms with Crippen LogP contribution in [0.4, 0.5) is 5.69 Å². The van der Waals surface area contributed by atoms with Crippen molar-refractivity contribution in [2.45, 2.75) is 13.1 Å². The number of amides is 2. The van der Waals surface area contributed by atoms with E-state index < -0.39 is 6.17 Å². The maximum Gasteiger partial charge on any atom is 0.257 e. The second kappa shape index (κ2) is 7.37. The highest BCUT2D eigenvalue weighted by Gasteiger charge is 2.38. The third kappa shape index (κ3) is 3.19. The molecule has 0 unspecified atom stereocenters. The Kier molecular flexibility index (Phi) is 4.88. The lowest BCUT2D eigenvalue weighted by atomic mass is 10.0. The predicted octanol–water partition coefficient (Wildman–Crippen LogP) is 3.53. The van der Waals surface area contributed by atoms with Crippen LogP contribution < -0.4 is 10.2 Å². The molecule has 1 aliphatic rings. The van der Waals surface area contributed by atoms with Crippen molar-refractivity contribution < 1.29 is 9.59 Å². The van der Waals surface area contributed by atoms with Gasteiger partial charge in [-0.2, -0.15) is 0 Å². The highest BCUT2D eigenvalue weighted by atomic mass is 35.5. The van der Waals surface area contributed by atoms with Crippen LogP contribution in [-0.2, 0) is 4.79 Å². The van der Waals surface area contributed by atoms with Gasteiger partial charge in [-0.05, 0) is 30.7 Å². The number of benzene rings is 2. The van der Waals surface area contributed by atoms with Crippen LogP contribution in [0.5, 0.6) is 0 Å². The van der Waals surface area contributed by atoms with Crippen molar-refractivity contribution in [2.24, 2.45) is 0 Å². The van der Waals surface area contributed by atoms with Gasteiger partial charge in [0.05, 0.1) is 23.3 Å². The molecule has 0 bridgehead atoms. The molecule has 148 valence electrons. The number of hydrogen-bond donors (Lipinski definition) is 1. The Morgan fingerprint density at radius 1 is 1.21 bits per heavy atom. The first kappa shape index (κ1) is 19.2. The molecular weight excluding hydrogens is 388 g/mol. The van der Waals surface area contributed by atoms with Crippen LogP contribution in [-0.4, -0.2) is 42.3 Å². The summed E-state index contributed by atoms with van der Waals surface area (Å²) in [6.45, 7) is 2.06. The number of nitrogens with zero attached hydrogens (tertiary/aromatic N) is 3. The Bertz CT molecular complexity index is 1130. The Hall–Kier alpha value is -3.12. The Labute approximate surface area is 174 Å². The number of aryl methyl sites for hydroxylation is 1. The summed E-state index contributed by atoms with van der Waals surface area (Å²) in [5, 5.41) is 3.91. The molecule has 1 atom stereocenters. The van der Waals surface area contributed by atoms with E-state index in [1.807, 2.05) is 54.3 Å². The van der Waals surface area contributed by atoms with Crippen LogP contribution >= 0.6 is 11.6 Å². The lowest BCUT2D eigenvalue weighted by molar-refractivity contribution is -0.119. The lowest BCUT2D eigenvalue weighted by Gasteiger charge is -2.44. The molecule has 0 aliphatic carbocycles. The maximum atomic E-state index is 13.1. The van der Waals surface area contributed by atoms with Gasteiger partial charge in [0.25, 0.3) is 5.91 Å². The Morgan fingerprint density at radius 2 is 1.97 bits per heavy atom. The summed E-state index contributed by atoms with van der Waals surface area (Å²) in [5.74, 6) is -0.285. The highest BCUT2D eigenvalue weighted by molar-refractivity contribution is 6.30. The van der Waals surface area contributed by atoms with E-state index in [9.17, 15) is 9.59 Å². The fourth-order valence-electron chi connectivity index (χ4n) is 3.85. The molecule has 0 saturated carbocycles. The zero-order valence-electron chi connectivity index (χ0n) is 16.4. The van der Waals surface area contributed by atoms with Gasteiger partial charge in [0.15, 0.2) is 0 Å². The van der Waals surface area contributed by atoms with Crippen LogP contribution in [0.25, 0.3) is 10.9 Å². The molecule has 0 fully saturated rings. The van der Waals surface area contributed by atoms with Gasteiger partial charge < -0.3 is 15.1 Å². The molecule has 4 rings (SSSR count). The maximum absolute atomic E-state index is 13.1. The monoisotopic (exact) mass is 408 g/mol. The second-order valence-electron chi connectivity index (χ2n) is 7.12. The van der Waals surface area contributed by atoms with E-state index >= 15 is 0 Å². The molecule has 29 heavy (non-hydrogen) atoms. The molecule has 2 aromatic carbocycles. The number of pyridine rings is 1. The van der Waals surface area contributed by atoms with E-state index in [1.165, 1.54) is 0 Å². The number of aromatic nitrogens is 1. The van der Waals surface area contributed by atoms with Crippen molar-refractivity contribution in [3.8, 4) is 0 Å². The van der Waals surface area contributed by atoms with Crippen LogP contribution in [0.3, 0.4) is 0 Å². The summed E-state index contributed by atoms with van der Waals surface area (Å²) in [5.41, 5.74) is 3.78. The van der Waals surface area contributed by atoms with Crippen LogP contribution in [0.1, 0.15) is 27.7 Å². The summed E-state index contributed by atoms with van der Waals surface area (Å²) in [6.07, 6.45) is -0.556. The number of carbonyl (C=O) groups excluding carboxylic acids is 2. The van der Waals surface area contributed by atoms with Crippen molar-refractivity contribution in [3.63, 3.8) is 0 Å². The van der Waals surface area contributed by atoms with Gasteiger partial charge in [-0.15, -0.1) is 0 Å². The van der Waals surface area contributed by atoms with Gasteiger partial charge >= 0.3 is 0 Å². The molecule has 1 N–H and O–H groups in total. The fourth-order valence-corrected chi connectivity index (χ4v) is 4.09. The summed E-state index contributed by atoms with van der Waals surface area (Å²) < 4.78 is 0. The molecule has 0 spiro atoms. The van der Waals surface area contributed by atoms with Crippen LogP contribution in [0.2, 0.25) is 5.15 Å². The zero-order valence-corrected chi connectivity index (χ0v) is 17.2. The van der Waals surface area contributed by atoms with E-state index in [1.54, 1.807) is 25.1 Å². The summed E-state index contributed by atoms with van der Waals surface area (Å²) in [6, 6.07) is 15.2. The van der Waals surface area contributed by atoms with E-state index in [0.717, 1.165) is 16.5 Å². The van der Waals surface area contributed by atoms with Crippen molar-refractivity contribution >= 4 is 40.0 Å². The first-order chi connectivity index (χ1) is 13.9. The summed E-state index contributed by atoms with van der Waals surface area (Å²) >= 11 is 6.61. The molecule has 0 radical (unpaired) electrons. The Balaban J connectivity index is 1.92. The number of halogens is 1. The highest BCUT2D eigenvalue weighted by Crippen LogP contribution is 2.40. The average Bonchev–Trinajstić information content (AvgIpc) is 2.72. The van der Waals surface area contributed by atoms with Gasteiger partial charge in [0, 0.05) is 25.0 Å². The van der Waals surface area contributed by atoms with Crippen molar-refractivity contribution in [2.75, 3.05) is 25.5 Å². The first-order valence-corrected chi connectivity index (χ1v) is 9.69. The van der Waals surface area contributed by atoms with Gasteiger partial charge in [0.1, 0.15) is 11.3 Å². The third-order valence-corrected chi connectivity index (χ3v) is 5.63. The van der Waals surface area contributed by atoms with Crippen molar-refractivity contribution in [1.29, 1.82) is 0 Å². The minimum atomic E-state index is -0.556. The Morgan fingerprint density at radius 3 is 2.72 bits per heavy atom. The summed E-state index contributed by atoms with van der Waals surface area (Å²) in [7, 11) is 3.31. The number of carbonyl (C=O) groups is 2. The van der Waals surface area contributed by atoms with E-state index in [0.29, 0.717) is 22.0 Å². The van der Waals surface area contributed by atoms with E-state index in [4.69, 9.17) is 11.6 Å². The van der Waals surface area contributed by atoms with Gasteiger partial charge in [-0.1, -0.05) is 41.9 Å². The molecule has 7 heteroatoms. The number of rotatable bonds is 3. The minimum absolute atomic E-state index is 0.0813. The standard InChI is InChI=1S/C22H21ClN4O2/c1-13-7-6-8-14-11-16(20(23)25-19(13)14)21-26(3)22(29)15-9-4-5-10-17(15)27(21)12-18(28)24-2/h4-11,21H,12H2,1-3H3,(H,24,28)/t21-/m0/s1. The van der Waals surface area contributed by atoms with E-state index in [-0.39, 0.29) is 18.4 Å². The molecule has 2 heterocycles. The third-order valence-electron chi connectivity index (χ3n) is 5.33. The molecule has 1 aromatic heterocycles. The lowest BCUT2D eigenvalue weighted by Crippen LogP contribution is -2.50. The average molecular weight is 409 g/mol. The normalized spacial score (nSPS) is 16.1. The number of hydrogen-bond acceptors (Lipinski definition) is 4. The number of likely N-dealkylation sites (N-methyl/N-ethyl adjacent to an activating group) is 1. The number of nitrogens with one attached hydrogen (secondary N) is 1. The topological polar surface area (TPSA) is 65.5 Å². The molecule has 2 amide bonds. The van der Waals surface area contributed by atoms with Gasteiger partial charge in [0.2, 0.25) is 5.91 Å². The number of anilines is 1. The van der Waals surface area contributed by atoms with Crippen molar-refractivity contribution in [3.05, 3.63) is 70.4 Å². The number of fused-ring (bicyclic) bond motifs is 2. The largest absolute Gasteiger partial charge is 0.358 e. The van der Waals surface area contributed by atoms with Crippen LogP contribution in [0.15, 0.2) is 48.5 Å². The predicted molar refractivity (Wildman–Crippen MR) is 114 cm³/mol. The molecule has 3 aromatic rings. The molecule has 0 saturated heterocycles. The van der Waals surface area contributed by atoms with Crippen LogP contribution in [0, 0.1) is 6.92 Å². The second-order valence-corrected chi connectivity index (χ2v) is 7.48. The molecule has 6 nitrogen and oxygen atoms in total. The fraction of sp³-hybridized carbons (Fsp3) is 0.227. The van der Waals surface area contributed by atoms with E-state index in [2.05, 4.69) is 10.3 Å². The molecular formula is C22H21ClN4O2. The quantitative estimate of drug-likeness (QED) is 0.673. The first-order valence-electron chi connectivity index (χ1n) is 9.31. The minimum Gasteiger partial charge on any atom is -0.358 e. The smallest absolute Gasteiger partial charge is 0.257 e. The SMILES string of the molecule is CNC(=O)CN1c2ccccc2C(=O)N(C)[C@@H]1c1cc2cccc(C)c2nc1Cl.